The summed E-state index contributed by atoms with van der Waals surface area (Å²) in [5.41, 5.74) is -0.545. The van der Waals surface area contributed by atoms with Gasteiger partial charge in [-0.25, -0.2) is 26.4 Å². The molecule has 1 heterocycles. The van der Waals surface area contributed by atoms with Crippen molar-refractivity contribution in [2.45, 2.75) is 17.4 Å². The molecule has 1 atom stereocenters. The Hall–Kier alpha value is -1.65. The highest BCUT2D eigenvalue weighted by atomic mass is 32.2. The van der Waals surface area contributed by atoms with Gasteiger partial charge in [0.05, 0.1) is 16.4 Å². The number of carboxylic acids is 1. The van der Waals surface area contributed by atoms with Gasteiger partial charge in [-0.15, -0.1) is 0 Å². The average molecular weight is 335 g/mol. The van der Waals surface area contributed by atoms with Crippen molar-refractivity contribution in [2.24, 2.45) is 0 Å². The number of carbonyl (C=O) groups is 1. The molecule has 0 aromatic heterocycles. The summed E-state index contributed by atoms with van der Waals surface area (Å²) in [6.07, 6.45) is 0.172. The maximum Gasteiger partial charge on any atom is 0.339 e. The number of carboxylic acid groups (broad SMARTS) is 1. The van der Waals surface area contributed by atoms with Crippen molar-refractivity contribution in [2.75, 3.05) is 11.5 Å². The Kier molecular flexibility index (Phi) is 3.95. The van der Waals surface area contributed by atoms with E-state index < -0.39 is 43.2 Å². The Labute approximate surface area is 121 Å². The molecule has 1 unspecified atom stereocenters. The first-order valence-electron chi connectivity index (χ1n) is 5.90. The van der Waals surface area contributed by atoms with E-state index in [0.717, 1.165) is 18.2 Å². The van der Waals surface area contributed by atoms with Gasteiger partial charge in [0.15, 0.2) is 9.84 Å². The lowest BCUT2D eigenvalue weighted by Gasteiger charge is -2.12. The normalized spacial score (nSPS) is 21.2. The first-order valence-corrected chi connectivity index (χ1v) is 9.20. The van der Waals surface area contributed by atoms with E-state index in [1.807, 2.05) is 0 Å². The van der Waals surface area contributed by atoms with Crippen molar-refractivity contribution < 1.29 is 31.8 Å². The number of sulfonamides is 1. The number of nitrogens with one attached hydrogen (secondary N) is 1. The van der Waals surface area contributed by atoms with Crippen LogP contribution in [0, 0.1) is 0 Å². The van der Waals surface area contributed by atoms with Gasteiger partial charge in [-0.05, 0) is 24.6 Å². The Bertz CT molecular complexity index is 783. The minimum atomic E-state index is -4.06. The van der Waals surface area contributed by atoms with E-state index in [4.69, 9.17) is 5.11 Å². The molecule has 0 spiro atoms. The first kappa shape index (κ1) is 15.7. The highest BCUT2D eigenvalue weighted by Gasteiger charge is 2.31. The van der Waals surface area contributed by atoms with Crippen LogP contribution in [-0.4, -0.2) is 50.6 Å². The van der Waals surface area contributed by atoms with E-state index in [9.17, 15) is 26.7 Å². The molecule has 1 aliphatic rings. The first-order chi connectivity index (χ1) is 9.61. The molecule has 0 radical (unpaired) electrons. The fourth-order valence-electron chi connectivity index (χ4n) is 2.03. The number of rotatable bonds is 4. The van der Waals surface area contributed by atoms with E-state index in [1.165, 1.54) is 0 Å². The molecule has 1 fully saturated rings. The van der Waals surface area contributed by atoms with Crippen molar-refractivity contribution in [1.29, 1.82) is 0 Å². The fourth-order valence-corrected chi connectivity index (χ4v) is 5.10. The second-order valence-electron chi connectivity index (χ2n) is 4.71. The summed E-state index contributed by atoms with van der Waals surface area (Å²) < 4.78 is 49.1. The number of aromatic hydroxyl groups is 1. The van der Waals surface area contributed by atoms with Crippen molar-refractivity contribution in [3.8, 4) is 5.75 Å². The molecule has 0 bridgehead atoms. The average Bonchev–Trinajstić information content (AvgIpc) is 2.67. The third-order valence-corrected chi connectivity index (χ3v) is 6.35. The van der Waals surface area contributed by atoms with Gasteiger partial charge in [-0.1, -0.05) is 0 Å². The van der Waals surface area contributed by atoms with Crippen molar-refractivity contribution in [3.05, 3.63) is 23.8 Å². The van der Waals surface area contributed by atoms with Crippen LogP contribution < -0.4 is 4.72 Å². The summed E-state index contributed by atoms with van der Waals surface area (Å²) in [6, 6.07) is 2.10. The van der Waals surface area contributed by atoms with Gasteiger partial charge in [0.1, 0.15) is 11.3 Å². The molecule has 1 saturated heterocycles. The molecule has 21 heavy (non-hydrogen) atoms. The van der Waals surface area contributed by atoms with Crippen LogP contribution in [0.15, 0.2) is 23.1 Å². The molecule has 116 valence electrons. The third kappa shape index (κ3) is 3.52. The minimum Gasteiger partial charge on any atom is -0.507 e. The number of aromatic carboxylic acids is 1. The number of sulfone groups is 1. The molecule has 1 aliphatic heterocycles. The number of hydrogen-bond donors (Lipinski definition) is 3. The maximum absolute atomic E-state index is 12.1. The Morgan fingerprint density at radius 2 is 2.00 bits per heavy atom. The van der Waals surface area contributed by atoms with Crippen molar-refractivity contribution in [3.63, 3.8) is 0 Å². The lowest BCUT2D eigenvalue weighted by atomic mass is 10.2. The highest BCUT2D eigenvalue weighted by Crippen LogP contribution is 2.22. The summed E-state index contributed by atoms with van der Waals surface area (Å²) >= 11 is 0. The van der Waals surface area contributed by atoms with Crippen molar-refractivity contribution >= 4 is 25.8 Å². The van der Waals surface area contributed by atoms with E-state index in [1.54, 1.807) is 0 Å². The predicted octanol–water partition coefficient (Wildman–Crippen LogP) is -0.444. The SMILES string of the molecule is O=C(O)c1cc(S(=O)(=O)NC2CCS(=O)(=O)C2)ccc1O. The second-order valence-corrected chi connectivity index (χ2v) is 8.65. The number of benzene rings is 1. The van der Waals surface area contributed by atoms with Crippen LogP contribution in [0.4, 0.5) is 0 Å². The smallest absolute Gasteiger partial charge is 0.339 e. The van der Waals surface area contributed by atoms with Crippen molar-refractivity contribution in [1.82, 2.24) is 4.72 Å². The molecule has 2 rings (SSSR count). The Balaban J connectivity index is 2.28. The van der Waals surface area contributed by atoms with Gasteiger partial charge >= 0.3 is 5.97 Å². The van der Waals surface area contributed by atoms with Crippen LogP contribution >= 0.6 is 0 Å². The zero-order valence-corrected chi connectivity index (χ0v) is 12.3. The highest BCUT2D eigenvalue weighted by molar-refractivity contribution is 7.92. The van der Waals surface area contributed by atoms with E-state index in [2.05, 4.69) is 4.72 Å². The summed E-state index contributed by atoms with van der Waals surface area (Å²) in [5, 5.41) is 18.2. The van der Waals surface area contributed by atoms with Crippen LogP contribution in [0.25, 0.3) is 0 Å². The lowest BCUT2D eigenvalue weighted by Crippen LogP contribution is -2.35. The fraction of sp³-hybridized carbons (Fsp3) is 0.364. The molecular weight excluding hydrogens is 322 g/mol. The topological polar surface area (TPSA) is 138 Å². The zero-order valence-electron chi connectivity index (χ0n) is 10.7. The standard InChI is InChI=1S/C11H13NO7S2/c13-10-2-1-8(5-9(10)11(14)15)21(18,19)12-7-3-4-20(16,17)6-7/h1-2,5,7,12-13H,3-4,6H2,(H,14,15). The summed E-state index contributed by atoms with van der Waals surface area (Å²) in [5.74, 6) is -2.38. The zero-order chi connectivity index (χ0) is 15.8. The maximum atomic E-state index is 12.1. The molecule has 3 N–H and O–H groups in total. The predicted molar refractivity (Wildman–Crippen MR) is 72.4 cm³/mol. The van der Waals surface area contributed by atoms with Gasteiger partial charge in [0, 0.05) is 6.04 Å². The molecule has 1 aromatic rings. The largest absolute Gasteiger partial charge is 0.507 e. The summed E-state index contributed by atoms with van der Waals surface area (Å²) in [7, 11) is -7.29. The van der Waals surface area contributed by atoms with E-state index in [-0.39, 0.29) is 22.8 Å². The molecule has 8 nitrogen and oxygen atoms in total. The van der Waals surface area contributed by atoms with Crippen LogP contribution in [0.3, 0.4) is 0 Å². The van der Waals surface area contributed by atoms with Gasteiger partial charge in [-0.2, -0.15) is 0 Å². The Morgan fingerprint density at radius 3 is 2.52 bits per heavy atom. The monoisotopic (exact) mass is 335 g/mol. The van der Waals surface area contributed by atoms with E-state index >= 15 is 0 Å². The summed E-state index contributed by atoms with van der Waals surface area (Å²) in [4.78, 5) is 10.5. The second kappa shape index (κ2) is 5.28. The van der Waals surface area contributed by atoms with Gasteiger partial charge in [0.2, 0.25) is 10.0 Å². The number of hydrogen-bond acceptors (Lipinski definition) is 6. The van der Waals surface area contributed by atoms with Gasteiger partial charge in [0.25, 0.3) is 0 Å². The molecule has 0 amide bonds. The number of phenols is 1. The molecule has 1 aromatic carbocycles. The molecular formula is C11H13NO7S2. The minimum absolute atomic E-state index is 0.0872. The molecule has 10 heteroatoms. The molecule has 0 saturated carbocycles. The quantitative estimate of drug-likeness (QED) is 0.678. The van der Waals surface area contributed by atoms with Crippen LogP contribution in [0.5, 0.6) is 5.75 Å². The van der Waals surface area contributed by atoms with Crippen LogP contribution in [-0.2, 0) is 19.9 Å². The third-order valence-electron chi connectivity index (χ3n) is 3.06. The van der Waals surface area contributed by atoms with Gasteiger partial charge < -0.3 is 10.2 Å². The lowest BCUT2D eigenvalue weighted by molar-refractivity contribution is 0.0693. The van der Waals surface area contributed by atoms with Crippen LogP contribution in [0.2, 0.25) is 0 Å². The molecule has 0 aliphatic carbocycles. The van der Waals surface area contributed by atoms with Gasteiger partial charge in [-0.3, -0.25) is 0 Å². The summed E-state index contributed by atoms with van der Waals surface area (Å²) in [6.45, 7) is 0. The van der Waals surface area contributed by atoms with Crippen LogP contribution in [0.1, 0.15) is 16.8 Å². The van der Waals surface area contributed by atoms with E-state index in [0.29, 0.717) is 0 Å². The Morgan fingerprint density at radius 1 is 1.33 bits per heavy atom.